The summed E-state index contributed by atoms with van der Waals surface area (Å²) in [4.78, 5) is 19.7. The van der Waals surface area contributed by atoms with Gasteiger partial charge in [0.05, 0.1) is 16.8 Å². The molecule has 0 saturated carbocycles. The number of hydrogen-bond acceptors (Lipinski definition) is 4. The van der Waals surface area contributed by atoms with Crippen LogP contribution in [0, 0.1) is 5.92 Å². The maximum Gasteiger partial charge on any atom is 0.240 e. The summed E-state index contributed by atoms with van der Waals surface area (Å²) in [6.07, 6.45) is 3.23. The number of hydrogen-bond donors (Lipinski definition) is 1. The number of carbonyl (C=O) groups is 1. The maximum atomic E-state index is 12.5. The van der Waals surface area contributed by atoms with Crippen LogP contribution in [-0.4, -0.2) is 52.3 Å². The van der Waals surface area contributed by atoms with Crippen molar-refractivity contribution in [1.29, 1.82) is 0 Å². The molecule has 0 unspecified atom stereocenters. The Morgan fingerprint density at radius 1 is 1.40 bits per heavy atom. The van der Waals surface area contributed by atoms with Crippen LogP contribution in [0.4, 0.5) is 0 Å². The van der Waals surface area contributed by atoms with Gasteiger partial charge in [-0.05, 0) is 51.1 Å². The van der Waals surface area contributed by atoms with Gasteiger partial charge >= 0.3 is 0 Å². The number of nitrogens with zero attached hydrogens (tertiary/aromatic N) is 3. The number of nitrogens with one attached hydrogen (secondary N) is 1. The highest BCUT2D eigenvalue weighted by atomic mass is 32.2. The highest BCUT2D eigenvalue weighted by Crippen LogP contribution is 2.20. The highest BCUT2D eigenvalue weighted by molar-refractivity contribution is 7.97. The van der Waals surface area contributed by atoms with Crippen LogP contribution in [0.3, 0.4) is 0 Å². The molecule has 25 heavy (non-hydrogen) atoms. The zero-order valence-electron chi connectivity index (χ0n) is 15.4. The second-order valence-corrected chi connectivity index (χ2v) is 7.95. The molecule has 3 rings (SSSR count). The summed E-state index contributed by atoms with van der Waals surface area (Å²) in [5.41, 5.74) is 2.00. The van der Waals surface area contributed by atoms with Crippen molar-refractivity contribution in [1.82, 2.24) is 19.8 Å². The molecule has 0 bridgehead atoms. The van der Waals surface area contributed by atoms with Gasteiger partial charge in [0.15, 0.2) is 0 Å². The Bertz CT molecular complexity index is 727. The minimum atomic E-state index is 0.0773. The molecule has 1 fully saturated rings. The van der Waals surface area contributed by atoms with Gasteiger partial charge in [-0.15, -0.1) is 0 Å². The number of likely N-dealkylation sites (tertiary alicyclic amines) is 1. The number of benzene rings is 1. The molecule has 2 aromatic rings. The van der Waals surface area contributed by atoms with E-state index in [1.54, 1.807) is 11.8 Å². The standard InChI is InChI=1S/C19H28N4OS/c1-14(2)22-9-8-15(11-22)10-20-19(24)12-23-17-7-5-4-6-16(17)21-18(23)13-25-3/h4-7,14-15H,8-13H2,1-3H3,(H,20,24)/t15-/m1/s1. The van der Waals surface area contributed by atoms with Crippen LogP contribution in [0.2, 0.25) is 0 Å². The van der Waals surface area contributed by atoms with Crippen molar-refractivity contribution in [3.63, 3.8) is 0 Å². The van der Waals surface area contributed by atoms with Gasteiger partial charge in [-0.25, -0.2) is 4.98 Å². The summed E-state index contributed by atoms with van der Waals surface area (Å²) in [7, 11) is 0. The van der Waals surface area contributed by atoms with E-state index in [2.05, 4.69) is 39.9 Å². The molecule has 1 aliphatic rings. The molecule has 1 aliphatic heterocycles. The van der Waals surface area contributed by atoms with E-state index in [1.807, 2.05) is 24.3 Å². The lowest BCUT2D eigenvalue weighted by atomic mass is 10.1. The molecule has 1 aromatic heterocycles. The van der Waals surface area contributed by atoms with Crippen molar-refractivity contribution >= 4 is 28.7 Å². The average Bonchev–Trinajstić information content (AvgIpc) is 3.19. The first-order chi connectivity index (χ1) is 12.1. The third kappa shape index (κ3) is 4.36. The lowest BCUT2D eigenvalue weighted by molar-refractivity contribution is -0.121. The van der Waals surface area contributed by atoms with E-state index in [4.69, 9.17) is 0 Å². The number of carbonyl (C=O) groups excluding carboxylic acids is 1. The Labute approximate surface area is 154 Å². The fourth-order valence-corrected chi connectivity index (χ4v) is 3.98. The molecule has 1 atom stereocenters. The number of rotatable bonds is 7. The van der Waals surface area contributed by atoms with E-state index < -0.39 is 0 Å². The molecule has 0 radical (unpaired) electrons. The molecule has 2 heterocycles. The summed E-state index contributed by atoms with van der Waals surface area (Å²) in [5.74, 6) is 2.43. The smallest absolute Gasteiger partial charge is 0.240 e. The first-order valence-electron chi connectivity index (χ1n) is 9.02. The summed E-state index contributed by atoms with van der Waals surface area (Å²) >= 11 is 1.73. The summed E-state index contributed by atoms with van der Waals surface area (Å²) in [5, 5.41) is 3.14. The number of fused-ring (bicyclic) bond motifs is 1. The number of thioether (sulfide) groups is 1. The molecule has 5 nitrogen and oxygen atoms in total. The van der Waals surface area contributed by atoms with E-state index in [0.29, 0.717) is 18.5 Å². The number of amides is 1. The van der Waals surface area contributed by atoms with E-state index >= 15 is 0 Å². The lowest BCUT2D eigenvalue weighted by Crippen LogP contribution is -2.34. The Kier molecular flexibility index (Phi) is 6.02. The first kappa shape index (κ1) is 18.3. The number of aromatic nitrogens is 2. The molecule has 136 valence electrons. The second kappa shape index (κ2) is 8.23. The van der Waals surface area contributed by atoms with Gasteiger partial charge < -0.3 is 14.8 Å². The van der Waals surface area contributed by atoms with Gasteiger partial charge in [0.25, 0.3) is 0 Å². The van der Waals surface area contributed by atoms with Crippen LogP contribution in [0.15, 0.2) is 24.3 Å². The second-order valence-electron chi connectivity index (χ2n) is 7.08. The topological polar surface area (TPSA) is 50.2 Å². The van der Waals surface area contributed by atoms with Crippen LogP contribution in [0.25, 0.3) is 11.0 Å². The molecule has 1 N–H and O–H groups in total. The van der Waals surface area contributed by atoms with Crippen molar-refractivity contribution in [2.75, 3.05) is 25.9 Å². The van der Waals surface area contributed by atoms with Crippen molar-refractivity contribution in [2.45, 2.75) is 38.6 Å². The zero-order valence-corrected chi connectivity index (χ0v) is 16.2. The quantitative estimate of drug-likeness (QED) is 0.825. The molecule has 0 spiro atoms. The van der Waals surface area contributed by atoms with Gasteiger partial charge in [-0.2, -0.15) is 11.8 Å². The highest BCUT2D eigenvalue weighted by Gasteiger charge is 2.24. The normalized spacial score (nSPS) is 18.3. The largest absolute Gasteiger partial charge is 0.354 e. The minimum absolute atomic E-state index is 0.0773. The van der Waals surface area contributed by atoms with Crippen molar-refractivity contribution in [3.8, 4) is 0 Å². The van der Waals surface area contributed by atoms with Crippen LogP contribution >= 0.6 is 11.8 Å². The lowest BCUT2D eigenvalue weighted by Gasteiger charge is -2.20. The van der Waals surface area contributed by atoms with Crippen LogP contribution in [0.1, 0.15) is 26.1 Å². The average molecular weight is 361 g/mol. The van der Waals surface area contributed by atoms with E-state index in [1.165, 1.54) is 6.42 Å². The van der Waals surface area contributed by atoms with Crippen molar-refractivity contribution in [2.24, 2.45) is 5.92 Å². The molecule has 1 amide bonds. The molecular weight excluding hydrogens is 332 g/mol. The Hall–Kier alpha value is -1.53. The Balaban J connectivity index is 1.61. The minimum Gasteiger partial charge on any atom is -0.354 e. The van der Waals surface area contributed by atoms with Crippen LogP contribution in [-0.2, 0) is 17.1 Å². The fraction of sp³-hybridized carbons (Fsp3) is 0.579. The van der Waals surface area contributed by atoms with Crippen molar-refractivity contribution in [3.05, 3.63) is 30.1 Å². The van der Waals surface area contributed by atoms with E-state index in [0.717, 1.165) is 42.2 Å². The number of para-hydroxylation sites is 2. The van der Waals surface area contributed by atoms with Gasteiger partial charge in [0.1, 0.15) is 12.4 Å². The SMILES string of the molecule is CSCc1nc2ccccc2n1CC(=O)NC[C@H]1CCN(C(C)C)C1. The third-order valence-corrected chi connectivity index (χ3v) is 5.49. The van der Waals surface area contributed by atoms with Gasteiger partial charge in [-0.1, -0.05) is 12.1 Å². The Morgan fingerprint density at radius 2 is 2.20 bits per heavy atom. The summed E-state index contributed by atoms with van der Waals surface area (Å²) < 4.78 is 2.05. The molecule has 6 heteroatoms. The summed E-state index contributed by atoms with van der Waals surface area (Å²) in [6, 6.07) is 8.62. The van der Waals surface area contributed by atoms with Crippen LogP contribution in [0.5, 0.6) is 0 Å². The fourth-order valence-electron chi connectivity index (χ4n) is 3.50. The third-order valence-electron chi connectivity index (χ3n) is 4.94. The monoisotopic (exact) mass is 360 g/mol. The first-order valence-corrected chi connectivity index (χ1v) is 10.4. The molecule has 1 saturated heterocycles. The van der Waals surface area contributed by atoms with E-state index in [9.17, 15) is 4.79 Å². The zero-order chi connectivity index (χ0) is 17.8. The van der Waals surface area contributed by atoms with E-state index in [-0.39, 0.29) is 5.91 Å². The molecular formula is C19H28N4OS. The summed E-state index contributed by atoms with van der Waals surface area (Å²) in [6.45, 7) is 7.81. The Morgan fingerprint density at radius 3 is 2.92 bits per heavy atom. The predicted octanol–water partition coefficient (Wildman–Crippen LogP) is 2.75. The number of imidazole rings is 1. The van der Waals surface area contributed by atoms with Crippen molar-refractivity contribution < 1.29 is 4.79 Å². The maximum absolute atomic E-state index is 12.5. The molecule has 0 aliphatic carbocycles. The molecule has 1 aromatic carbocycles. The van der Waals surface area contributed by atoms with Crippen LogP contribution < -0.4 is 5.32 Å². The van der Waals surface area contributed by atoms with Gasteiger partial charge in [0.2, 0.25) is 5.91 Å². The van der Waals surface area contributed by atoms with Gasteiger partial charge in [0, 0.05) is 19.1 Å². The van der Waals surface area contributed by atoms with Gasteiger partial charge in [-0.3, -0.25) is 4.79 Å². The predicted molar refractivity (Wildman–Crippen MR) is 105 cm³/mol.